The molecule has 2 aliphatic rings. The zero-order valence-corrected chi connectivity index (χ0v) is 12.5. The van der Waals surface area contributed by atoms with E-state index in [9.17, 15) is 9.59 Å². The zero-order valence-electron chi connectivity index (χ0n) is 11.7. The summed E-state index contributed by atoms with van der Waals surface area (Å²) >= 11 is 1.23. The van der Waals surface area contributed by atoms with Crippen molar-refractivity contribution in [1.82, 2.24) is 4.31 Å². The molecule has 0 unspecified atom stereocenters. The largest absolute Gasteiger partial charge is 0.489 e. The fourth-order valence-corrected chi connectivity index (χ4v) is 3.72. The third-order valence-corrected chi connectivity index (χ3v) is 4.97. The van der Waals surface area contributed by atoms with E-state index < -0.39 is 0 Å². The van der Waals surface area contributed by atoms with Crippen molar-refractivity contribution in [3.63, 3.8) is 0 Å². The number of ether oxygens (including phenoxy) is 1. The lowest BCUT2D eigenvalue weighted by molar-refractivity contribution is 0.0776. The lowest BCUT2D eigenvalue weighted by Gasteiger charge is -2.15. The van der Waals surface area contributed by atoms with Gasteiger partial charge in [-0.2, -0.15) is 0 Å². The van der Waals surface area contributed by atoms with Gasteiger partial charge in [0.15, 0.2) is 0 Å². The molecule has 4 nitrogen and oxygen atoms in total. The fraction of sp³-hybridized carbons (Fsp3) is 0.176. The highest BCUT2D eigenvalue weighted by molar-refractivity contribution is 7.98. The van der Waals surface area contributed by atoms with Crippen LogP contribution in [-0.2, 0) is 6.42 Å². The van der Waals surface area contributed by atoms with Crippen LogP contribution in [0, 0.1) is 0 Å². The van der Waals surface area contributed by atoms with Gasteiger partial charge in [-0.05, 0) is 35.7 Å². The first-order chi connectivity index (χ1) is 10.7. The van der Waals surface area contributed by atoms with Gasteiger partial charge in [0.05, 0.1) is 16.9 Å². The van der Waals surface area contributed by atoms with E-state index in [0.717, 1.165) is 12.2 Å². The maximum absolute atomic E-state index is 12.3. The van der Waals surface area contributed by atoms with Crippen LogP contribution in [0.1, 0.15) is 26.3 Å². The Morgan fingerprint density at radius 1 is 1.00 bits per heavy atom. The second-order valence-electron chi connectivity index (χ2n) is 5.30. The van der Waals surface area contributed by atoms with Crippen LogP contribution in [-0.4, -0.2) is 28.0 Å². The van der Waals surface area contributed by atoms with Crippen LogP contribution in [0.4, 0.5) is 0 Å². The molecule has 0 spiro atoms. The van der Waals surface area contributed by atoms with E-state index in [4.69, 9.17) is 4.74 Å². The maximum atomic E-state index is 12.3. The molecule has 0 N–H and O–H groups in total. The normalized spacial score (nSPS) is 19.1. The SMILES string of the molecule is O=C1c2ccccc2C(=O)N1SC[C@H]1Cc2ccccc2O1. The van der Waals surface area contributed by atoms with E-state index in [1.165, 1.54) is 21.8 Å². The number of benzene rings is 2. The van der Waals surface area contributed by atoms with Gasteiger partial charge in [0.25, 0.3) is 11.8 Å². The topological polar surface area (TPSA) is 46.6 Å². The number of imide groups is 1. The molecule has 2 aromatic carbocycles. The molecule has 2 amide bonds. The molecule has 0 fully saturated rings. The highest BCUT2D eigenvalue weighted by Gasteiger charge is 2.36. The molecule has 2 aromatic rings. The van der Waals surface area contributed by atoms with E-state index in [0.29, 0.717) is 16.9 Å². The third-order valence-electron chi connectivity index (χ3n) is 3.86. The standard InChI is InChI=1S/C17H13NO3S/c19-16-13-6-2-3-7-14(13)17(20)18(16)22-10-12-9-11-5-1-4-8-15(11)21-12/h1-8,12H,9-10H2/t12-/m1/s1. The van der Waals surface area contributed by atoms with Gasteiger partial charge < -0.3 is 4.74 Å². The average molecular weight is 311 g/mol. The van der Waals surface area contributed by atoms with E-state index in [2.05, 4.69) is 0 Å². The minimum Gasteiger partial charge on any atom is -0.489 e. The van der Waals surface area contributed by atoms with Gasteiger partial charge in [-0.15, -0.1) is 0 Å². The fourth-order valence-electron chi connectivity index (χ4n) is 2.79. The number of carbonyl (C=O) groups is 2. The summed E-state index contributed by atoms with van der Waals surface area (Å²) < 4.78 is 7.09. The predicted octanol–water partition coefficient (Wildman–Crippen LogP) is 2.93. The molecule has 22 heavy (non-hydrogen) atoms. The van der Waals surface area contributed by atoms with Gasteiger partial charge in [0.1, 0.15) is 11.9 Å². The molecule has 1 atom stereocenters. The van der Waals surface area contributed by atoms with Crippen molar-refractivity contribution >= 4 is 23.8 Å². The van der Waals surface area contributed by atoms with Crippen molar-refractivity contribution in [2.75, 3.05) is 5.75 Å². The summed E-state index contributed by atoms with van der Waals surface area (Å²) in [5.74, 6) is 0.998. The molecule has 4 rings (SSSR count). The molecule has 0 bridgehead atoms. The Kier molecular flexibility index (Phi) is 3.15. The minimum absolute atomic E-state index is 0.00767. The van der Waals surface area contributed by atoms with Crippen molar-refractivity contribution in [2.45, 2.75) is 12.5 Å². The van der Waals surface area contributed by atoms with Crippen LogP contribution >= 0.6 is 11.9 Å². The number of hydrogen-bond acceptors (Lipinski definition) is 4. The van der Waals surface area contributed by atoms with Crippen molar-refractivity contribution in [3.05, 3.63) is 65.2 Å². The molecule has 5 heteroatoms. The quantitative estimate of drug-likeness (QED) is 0.646. The number of rotatable bonds is 3. The lowest BCUT2D eigenvalue weighted by atomic mass is 10.1. The van der Waals surface area contributed by atoms with E-state index in [1.807, 2.05) is 24.3 Å². The first-order valence-corrected chi connectivity index (χ1v) is 8.03. The van der Waals surface area contributed by atoms with E-state index in [-0.39, 0.29) is 17.9 Å². The maximum Gasteiger partial charge on any atom is 0.271 e. The molecular weight excluding hydrogens is 298 g/mol. The summed E-state index contributed by atoms with van der Waals surface area (Å²) in [7, 11) is 0. The van der Waals surface area contributed by atoms with Crippen molar-refractivity contribution < 1.29 is 14.3 Å². The Morgan fingerprint density at radius 2 is 1.64 bits per heavy atom. The van der Waals surface area contributed by atoms with Gasteiger partial charge in [-0.25, -0.2) is 4.31 Å². The summed E-state index contributed by atoms with van der Waals surface area (Å²) in [5, 5.41) is 0. The summed E-state index contributed by atoms with van der Waals surface area (Å²) in [5.41, 5.74) is 2.14. The van der Waals surface area contributed by atoms with Crippen LogP contribution < -0.4 is 4.74 Å². The van der Waals surface area contributed by atoms with Crippen LogP contribution in [0.2, 0.25) is 0 Å². The summed E-state index contributed by atoms with van der Waals surface area (Å²) in [6, 6.07) is 14.9. The van der Waals surface area contributed by atoms with Gasteiger partial charge in [0, 0.05) is 6.42 Å². The number of nitrogens with zero attached hydrogens (tertiary/aromatic N) is 1. The minimum atomic E-state index is -0.235. The summed E-state index contributed by atoms with van der Waals surface area (Å²) in [6.45, 7) is 0. The Hall–Kier alpha value is -2.27. The zero-order chi connectivity index (χ0) is 15.1. The van der Waals surface area contributed by atoms with Gasteiger partial charge in [0.2, 0.25) is 0 Å². The molecule has 0 saturated carbocycles. The first kappa shape index (κ1) is 13.4. The lowest BCUT2D eigenvalue weighted by Crippen LogP contribution is -2.26. The molecule has 0 radical (unpaired) electrons. The number of hydrogen-bond donors (Lipinski definition) is 0. The van der Waals surface area contributed by atoms with Gasteiger partial charge >= 0.3 is 0 Å². The van der Waals surface area contributed by atoms with Gasteiger partial charge in [-0.3, -0.25) is 9.59 Å². The monoisotopic (exact) mass is 311 g/mol. The number of para-hydroxylation sites is 1. The highest BCUT2D eigenvalue weighted by atomic mass is 32.2. The Balaban J connectivity index is 1.44. The number of fused-ring (bicyclic) bond motifs is 2. The van der Waals surface area contributed by atoms with E-state index >= 15 is 0 Å². The summed E-state index contributed by atoms with van der Waals surface area (Å²) in [6.07, 6.45) is 0.804. The van der Waals surface area contributed by atoms with Crippen LogP contribution in [0.25, 0.3) is 0 Å². The van der Waals surface area contributed by atoms with Crippen LogP contribution in [0.5, 0.6) is 5.75 Å². The van der Waals surface area contributed by atoms with Crippen molar-refractivity contribution in [3.8, 4) is 5.75 Å². The Morgan fingerprint density at radius 3 is 2.32 bits per heavy atom. The van der Waals surface area contributed by atoms with Crippen LogP contribution in [0.3, 0.4) is 0 Å². The van der Waals surface area contributed by atoms with Crippen molar-refractivity contribution in [2.24, 2.45) is 0 Å². The smallest absolute Gasteiger partial charge is 0.271 e. The highest BCUT2D eigenvalue weighted by Crippen LogP contribution is 2.33. The first-order valence-electron chi connectivity index (χ1n) is 7.09. The Labute approximate surface area is 132 Å². The molecule has 2 aliphatic heterocycles. The second-order valence-corrected chi connectivity index (χ2v) is 6.25. The Bertz CT molecular complexity index is 714. The molecular formula is C17H13NO3S. The van der Waals surface area contributed by atoms with Crippen molar-refractivity contribution in [1.29, 1.82) is 0 Å². The average Bonchev–Trinajstić information content (AvgIpc) is 3.06. The molecule has 0 saturated heterocycles. The molecule has 2 heterocycles. The predicted molar refractivity (Wildman–Crippen MR) is 84.0 cm³/mol. The second kappa shape index (κ2) is 5.18. The van der Waals surface area contributed by atoms with Gasteiger partial charge in [-0.1, -0.05) is 30.3 Å². The number of amides is 2. The summed E-state index contributed by atoms with van der Waals surface area (Å²) in [4.78, 5) is 24.5. The van der Waals surface area contributed by atoms with E-state index in [1.54, 1.807) is 24.3 Å². The molecule has 110 valence electrons. The number of carbonyl (C=O) groups excluding carboxylic acids is 2. The third kappa shape index (κ3) is 2.09. The molecule has 0 aromatic heterocycles. The molecule has 0 aliphatic carbocycles. The van der Waals surface area contributed by atoms with Crippen LogP contribution in [0.15, 0.2) is 48.5 Å².